The molecule has 9 nitrogen and oxygen atoms in total. The number of amides is 1. The van der Waals surface area contributed by atoms with Crippen LogP contribution in [0.1, 0.15) is 44.6 Å². The van der Waals surface area contributed by atoms with E-state index in [9.17, 15) is 19.7 Å². The van der Waals surface area contributed by atoms with E-state index in [2.05, 4.69) is 5.32 Å². The van der Waals surface area contributed by atoms with E-state index in [1.54, 1.807) is 12.1 Å². The van der Waals surface area contributed by atoms with Crippen molar-refractivity contribution in [3.63, 3.8) is 0 Å². The van der Waals surface area contributed by atoms with Gasteiger partial charge in [0.2, 0.25) is 0 Å². The Labute approximate surface area is 169 Å². The fourth-order valence-corrected chi connectivity index (χ4v) is 4.44. The highest BCUT2D eigenvalue weighted by Crippen LogP contribution is 2.42. The molecule has 3 atom stereocenters. The van der Waals surface area contributed by atoms with Crippen molar-refractivity contribution >= 4 is 29.1 Å². The number of nitrogens with one attached hydrogen (secondary N) is 1. The number of rotatable bonds is 4. The van der Waals surface area contributed by atoms with E-state index < -0.39 is 11.0 Å². The van der Waals surface area contributed by atoms with E-state index in [4.69, 9.17) is 9.47 Å². The average molecular weight is 405 g/mol. The number of esters is 1. The van der Waals surface area contributed by atoms with Gasteiger partial charge >= 0.3 is 12.1 Å². The summed E-state index contributed by atoms with van der Waals surface area (Å²) in [7, 11) is 2.68. The highest BCUT2D eigenvalue weighted by Gasteiger charge is 2.36. The largest absolute Gasteiger partial charge is 0.469 e. The molecule has 3 rings (SSSR count). The van der Waals surface area contributed by atoms with Gasteiger partial charge in [-0.15, -0.1) is 0 Å². The van der Waals surface area contributed by atoms with Crippen LogP contribution in [-0.2, 0) is 20.7 Å². The Hall–Kier alpha value is -2.84. The number of carbonyl (C=O) groups excluding carboxylic acids is 2. The first-order valence-corrected chi connectivity index (χ1v) is 9.89. The monoisotopic (exact) mass is 405 g/mol. The zero-order valence-corrected chi connectivity index (χ0v) is 17.0. The molecule has 0 radical (unpaired) electrons. The maximum atomic E-state index is 12.2. The molecule has 1 aliphatic carbocycles. The molecule has 1 saturated carbocycles. The second kappa shape index (κ2) is 8.67. The van der Waals surface area contributed by atoms with Gasteiger partial charge in [0.05, 0.1) is 36.3 Å². The molecule has 0 bridgehead atoms. The van der Waals surface area contributed by atoms with Crippen molar-refractivity contribution in [1.82, 2.24) is 0 Å². The third-order valence-corrected chi connectivity index (χ3v) is 5.89. The summed E-state index contributed by atoms with van der Waals surface area (Å²) in [5, 5.41) is 15.2. The van der Waals surface area contributed by atoms with Crippen molar-refractivity contribution in [2.75, 3.05) is 24.4 Å². The highest BCUT2D eigenvalue weighted by molar-refractivity contribution is 5.92. The zero-order valence-electron chi connectivity index (χ0n) is 17.0. The zero-order chi connectivity index (χ0) is 21.1. The van der Waals surface area contributed by atoms with Crippen LogP contribution in [0.15, 0.2) is 12.1 Å². The van der Waals surface area contributed by atoms with Gasteiger partial charge < -0.3 is 14.8 Å². The summed E-state index contributed by atoms with van der Waals surface area (Å²) in [4.78, 5) is 37.1. The molecule has 2 aliphatic rings. The van der Waals surface area contributed by atoms with E-state index in [-0.39, 0.29) is 29.7 Å². The Morgan fingerprint density at radius 3 is 2.62 bits per heavy atom. The lowest BCUT2D eigenvalue weighted by Crippen LogP contribution is -2.42. The van der Waals surface area contributed by atoms with Crippen molar-refractivity contribution < 1.29 is 24.0 Å². The quantitative estimate of drug-likeness (QED) is 0.462. The molecule has 1 aliphatic heterocycles. The number of hydrogen-bond donors (Lipinski definition) is 1. The third-order valence-electron chi connectivity index (χ3n) is 5.89. The van der Waals surface area contributed by atoms with E-state index in [0.717, 1.165) is 19.3 Å². The second-order valence-electron chi connectivity index (χ2n) is 7.67. The summed E-state index contributed by atoms with van der Waals surface area (Å²) in [5.41, 5.74) is 1.46. The third kappa shape index (κ3) is 4.13. The van der Waals surface area contributed by atoms with Gasteiger partial charge in [-0.1, -0.05) is 6.42 Å². The van der Waals surface area contributed by atoms with Gasteiger partial charge in [-0.2, -0.15) is 0 Å². The van der Waals surface area contributed by atoms with Crippen molar-refractivity contribution in [3.05, 3.63) is 27.8 Å². The maximum absolute atomic E-state index is 12.2. The first-order chi connectivity index (χ1) is 13.9. The van der Waals surface area contributed by atoms with Gasteiger partial charge in [0.15, 0.2) is 0 Å². The molecule has 1 N–H and O–H groups in total. The van der Waals surface area contributed by atoms with Crippen molar-refractivity contribution in [3.8, 4) is 0 Å². The number of nitro groups is 1. The molecule has 0 aromatic heterocycles. The van der Waals surface area contributed by atoms with Gasteiger partial charge in [-0.25, -0.2) is 4.79 Å². The first kappa shape index (κ1) is 20.9. The normalized spacial score (nSPS) is 23.7. The topological polar surface area (TPSA) is 111 Å². The number of nitrogens with zero attached hydrogens (tertiary/aromatic N) is 2. The minimum atomic E-state index is -0.526. The molecule has 1 fully saturated rings. The van der Waals surface area contributed by atoms with Crippen LogP contribution in [-0.4, -0.2) is 43.3 Å². The molecule has 1 aromatic rings. The van der Waals surface area contributed by atoms with Crippen molar-refractivity contribution in [2.24, 2.45) is 5.92 Å². The van der Waals surface area contributed by atoms with Crippen LogP contribution in [0.2, 0.25) is 0 Å². The van der Waals surface area contributed by atoms with Crippen LogP contribution >= 0.6 is 0 Å². The smallest absolute Gasteiger partial charge is 0.414 e. The summed E-state index contributed by atoms with van der Waals surface area (Å²) in [6, 6.07) is 3.22. The SMILES string of the molecule is COC(=O)[C@@H]1CCC[C@@H](Nc2ccc3c(c2[N+](=O)[O-])CC[C@H](C)N3C(=O)OC)C1. The number of ether oxygens (including phenoxy) is 2. The predicted octanol–water partition coefficient (Wildman–Crippen LogP) is 3.65. The van der Waals surface area contributed by atoms with E-state index in [1.165, 1.54) is 19.1 Å². The molecule has 0 spiro atoms. The van der Waals surface area contributed by atoms with Gasteiger partial charge in [-0.3, -0.25) is 19.8 Å². The van der Waals surface area contributed by atoms with Crippen molar-refractivity contribution in [2.45, 2.75) is 57.5 Å². The molecule has 158 valence electrons. The summed E-state index contributed by atoms with van der Waals surface area (Å²) < 4.78 is 9.73. The fraction of sp³-hybridized carbons (Fsp3) is 0.600. The fourth-order valence-electron chi connectivity index (χ4n) is 4.44. The summed E-state index contributed by atoms with van der Waals surface area (Å²) in [6.45, 7) is 1.90. The Kier molecular flexibility index (Phi) is 6.24. The van der Waals surface area contributed by atoms with Gasteiger partial charge in [-0.05, 0) is 51.2 Å². The number of nitro benzene ring substituents is 1. The molecule has 0 unspecified atom stereocenters. The summed E-state index contributed by atoms with van der Waals surface area (Å²) >= 11 is 0. The lowest BCUT2D eigenvalue weighted by Gasteiger charge is -2.34. The van der Waals surface area contributed by atoms with Crippen LogP contribution in [0.25, 0.3) is 0 Å². The Morgan fingerprint density at radius 1 is 1.21 bits per heavy atom. The molecule has 0 saturated heterocycles. The number of fused-ring (bicyclic) bond motifs is 1. The van der Waals surface area contributed by atoms with Crippen LogP contribution < -0.4 is 10.2 Å². The highest BCUT2D eigenvalue weighted by atomic mass is 16.6. The first-order valence-electron chi connectivity index (χ1n) is 9.89. The molecular weight excluding hydrogens is 378 g/mol. The Morgan fingerprint density at radius 2 is 1.97 bits per heavy atom. The van der Waals surface area contributed by atoms with Crippen LogP contribution in [0.4, 0.5) is 21.9 Å². The van der Waals surface area contributed by atoms with Gasteiger partial charge in [0.1, 0.15) is 5.69 Å². The van der Waals surface area contributed by atoms with E-state index >= 15 is 0 Å². The lowest BCUT2D eigenvalue weighted by atomic mass is 9.85. The lowest BCUT2D eigenvalue weighted by molar-refractivity contribution is -0.384. The minimum Gasteiger partial charge on any atom is -0.469 e. The summed E-state index contributed by atoms with van der Waals surface area (Å²) in [5.74, 6) is -0.433. The van der Waals surface area contributed by atoms with Crippen LogP contribution in [0.3, 0.4) is 0 Å². The second-order valence-corrected chi connectivity index (χ2v) is 7.67. The summed E-state index contributed by atoms with van der Waals surface area (Å²) in [6.07, 6.45) is 3.61. The molecule has 9 heteroatoms. The number of carbonyl (C=O) groups is 2. The molecule has 1 heterocycles. The van der Waals surface area contributed by atoms with E-state index in [1.807, 2.05) is 6.92 Å². The predicted molar refractivity (Wildman–Crippen MR) is 107 cm³/mol. The van der Waals surface area contributed by atoms with Crippen LogP contribution in [0.5, 0.6) is 0 Å². The van der Waals surface area contributed by atoms with Crippen LogP contribution in [0, 0.1) is 16.0 Å². The van der Waals surface area contributed by atoms with Crippen molar-refractivity contribution in [1.29, 1.82) is 0 Å². The number of anilines is 2. The Bertz CT molecular complexity index is 812. The molecule has 29 heavy (non-hydrogen) atoms. The Balaban J connectivity index is 1.92. The minimum absolute atomic E-state index is 0.0107. The molecule has 1 aromatic carbocycles. The van der Waals surface area contributed by atoms with Gasteiger partial charge in [0.25, 0.3) is 5.69 Å². The average Bonchev–Trinajstić information content (AvgIpc) is 2.72. The van der Waals surface area contributed by atoms with Gasteiger partial charge in [0, 0.05) is 12.1 Å². The van der Waals surface area contributed by atoms with E-state index in [0.29, 0.717) is 36.2 Å². The molecule has 1 amide bonds. The number of benzene rings is 1. The molecular formula is C20H27N3O6. The number of methoxy groups -OCH3 is 2. The number of hydrogen-bond acceptors (Lipinski definition) is 7. The maximum Gasteiger partial charge on any atom is 0.414 e. The standard InChI is InChI=1S/C20H27N3O6/c1-12-7-8-15-17(22(12)20(25)29-3)10-9-16(18(15)23(26)27)21-14-6-4-5-13(11-14)19(24)28-2/h9-10,12-14,21H,4-8,11H2,1-3H3/t12-,13+,14+/m0/s1.